The van der Waals surface area contributed by atoms with Gasteiger partial charge in [0.25, 0.3) is 0 Å². The molecule has 0 spiro atoms. The van der Waals surface area contributed by atoms with E-state index in [0.29, 0.717) is 12.2 Å². The van der Waals surface area contributed by atoms with Gasteiger partial charge >= 0.3 is 0 Å². The molecule has 0 aliphatic heterocycles. The molecule has 24 heavy (non-hydrogen) atoms. The van der Waals surface area contributed by atoms with Crippen LogP contribution >= 0.6 is 0 Å². The lowest BCUT2D eigenvalue weighted by molar-refractivity contribution is -0.113. The summed E-state index contributed by atoms with van der Waals surface area (Å²) in [5.41, 5.74) is 3.19. The van der Waals surface area contributed by atoms with E-state index in [1.54, 1.807) is 0 Å². The number of para-hydroxylation sites is 1. The summed E-state index contributed by atoms with van der Waals surface area (Å²) in [7, 11) is 0. The summed E-state index contributed by atoms with van der Waals surface area (Å²) in [5.74, 6) is 0.793. The third kappa shape index (κ3) is 2.27. The molecular weight excluding hydrogens is 300 g/mol. The van der Waals surface area contributed by atoms with E-state index >= 15 is 0 Å². The number of hydrogen-bond acceptors (Lipinski definition) is 3. The maximum absolute atomic E-state index is 12.8. The first kappa shape index (κ1) is 15.4. The Labute approximate surface area is 141 Å². The molecule has 3 heteroatoms. The van der Waals surface area contributed by atoms with Gasteiger partial charge in [-0.15, -0.1) is 0 Å². The van der Waals surface area contributed by atoms with Crippen LogP contribution in [0.5, 0.6) is 0 Å². The van der Waals surface area contributed by atoms with Gasteiger partial charge in [0, 0.05) is 16.4 Å². The molecule has 124 valence electrons. The molecule has 2 aromatic rings. The third-order valence-electron chi connectivity index (χ3n) is 5.73. The highest BCUT2D eigenvalue weighted by Gasteiger charge is 2.45. The predicted octanol–water partition coefficient (Wildman–Crippen LogP) is 4.66. The molecule has 0 amide bonds. The number of fused-ring (bicyclic) bond motifs is 2. The standard InChI is InChI=1S/C21H22O3/c1-13-17-7-5-9-19(22)21(17,2)12-15(20(13)23)11-16-10-14-6-3-4-8-18(14)24-16/h3-4,6,8,10-11,19,22H,5,7,9,12H2,1-2H3/b15-11+/t19-,21-/m0/s1. The normalized spacial score (nSPS) is 29.4. The van der Waals surface area contributed by atoms with Crippen LogP contribution in [0.4, 0.5) is 0 Å². The van der Waals surface area contributed by atoms with Gasteiger partial charge in [0.1, 0.15) is 11.3 Å². The number of hydrogen-bond donors (Lipinski definition) is 1. The quantitative estimate of drug-likeness (QED) is 0.777. The maximum Gasteiger partial charge on any atom is 0.184 e. The van der Waals surface area contributed by atoms with E-state index in [0.717, 1.165) is 47.0 Å². The number of rotatable bonds is 1. The third-order valence-corrected chi connectivity index (χ3v) is 5.73. The second-order valence-electron chi connectivity index (χ2n) is 7.29. The summed E-state index contributed by atoms with van der Waals surface area (Å²) in [5, 5.41) is 11.6. The van der Waals surface area contributed by atoms with Gasteiger partial charge in [-0.1, -0.05) is 30.7 Å². The fourth-order valence-corrected chi connectivity index (χ4v) is 4.33. The van der Waals surface area contributed by atoms with Crippen LogP contribution in [0.15, 0.2) is 51.5 Å². The molecule has 0 bridgehead atoms. The highest BCUT2D eigenvalue weighted by Crippen LogP contribution is 2.50. The maximum atomic E-state index is 12.8. The zero-order valence-electron chi connectivity index (χ0n) is 14.1. The summed E-state index contributed by atoms with van der Waals surface area (Å²) in [6.45, 7) is 3.99. The molecule has 3 nitrogen and oxygen atoms in total. The zero-order valence-corrected chi connectivity index (χ0v) is 14.1. The van der Waals surface area contributed by atoms with Crippen molar-refractivity contribution >= 4 is 22.8 Å². The minimum Gasteiger partial charge on any atom is -0.457 e. The van der Waals surface area contributed by atoms with Crippen molar-refractivity contribution in [1.82, 2.24) is 0 Å². The zero-order chi connectivity index (χ0) is 16.9. The first-order valence-corrected chi connectivity index (χ1v) is 8.61. The fraction of sp³-hybridized carbons (Fsp3) is 0.381. The average Bonchev–Trinajstić information content (AvgIpc) is 2.97. The van der Waals surface area contributed by atoms with Gasteiger partial charge in [-0.2, -0.15) is 0 Å². The number of furan rings is 1. The fourth-order valence-electron chi connectivity index (χ4n) is 4.33. The van der Waals surface area contributed by atoms with Gasteiger partial charge in [-0.25, -0.2) is 0 Å². The Morgan fingerprint density at radius 1 is 1.33 bits per heavy atom. The van der Waals surface area contributed by atoms with Crippen LogP contribution in [0.3, 0.4) is 0 Å². The lowest BCUT2D eigenvalue weighted by Crippen LogP contribution is -2.42. The van der Waals surface area contributed by atoms with E-state index < -0.39 is 0 Å². The summed E-state index contributed by atoms with van der Waals surface area (Å²) in [4.78, 5) is 12.8. The highest BCUT2D eigenvalue weighted by atomic mass is 16.3. The van der Waals surface area contributed by atoms with Crippen LogP contribution in [0.25, 0.3) is 17.0 Å². The molecule has 4 rings (SSSR count). The molecule has 1 N–H and O–H groups in total. The Bertz CT molecular complexity index is 850. The smallest absolute Gasteiger partial charge is 0.184 e. The van der Waals surface area contributed by atoms with E-state index in [4.69, 9.17) is 4.42 Å². The van der Waals surface area contributed by atoms with Crippen molar-refractivity contribution in [3.8, 4) is 0 Å². The van der Waals surface area contributed by atoms with Gasteiger partial charge in [0.15, 0.2) is 5.78 Å². The molecule has 2 aliphatic rings. The molecule has 0 unspecified atom stereocenters. The lowest BCUT2D eigenvalue weighted by Gasteiger charge is -2.45. The first-order valence-electron chi connectivity index (χ1n) is 8.61. The van der Waals surface area contributed by atoms with Crippen LogP contribution in [0.2, 0.25) is 0 Å². The lowest BCUT2D eigenvalue weighted by atomic mass is 9.61. The Balaban J connectivity index is 1.78. The van der Waals surface area contributed by atoms with Crippen molar-refractivity contribution in [1.29, 1.82) is 0 Å². The molecule has 0 saturated heterocycles. The number of aliphatic hydroxyl groups is 1. The van der Waals surface area contributed by atoms with Crippen LogP contribution in [0.1, 0.15) is 45.3 Å². The SMILES string of the molecule is CC1=C2CCC[C@H](O)[C@@]2(C)C/C(=C\c2cc3ccccc3o2)C1=O. The summed E-state index contributed by atoms with van der Waals surface area (Å²) >= 11 is 0. The Hall–Kier alpha value is -2.13. The molecule has 1 fully saturated rings. The first-order chi connectivity index (χ1) is 11.5. The van der Waals surface area contributed by atoms with Gasteiger partial charge in [0.05, 0.1) is 6.10 Å². The van der Waals surface area contributed by atoms with Crippen molar-refractivity contribution in [3.05, 3.63) is 52.8 Å². The van der Waals surface area contributed by atoms with Crippen LogP contribution in [-0.4, -0.2) is 17.0 Å². The van der Waals surface area contributed by atoms with Crippen LogP contribution < -0.4 is 0 Å². The van der Waals surface area contributed by atoms with E-state index in [1.807, 2.05) is 43.3 Å². The number of allylic oxidation sites excluding steroid dienone is 2. The second-order valence-corrected chi connectivity index (χ2v) is 7.29. The van der Waals surface area contributed by atoms with Crippen molar-refractivity contribution in [3.63, 3.8) is 0 Å². The summed E-state index contributed by atoms with van der Waals surface area (Å²) in [6, 6.07) is 9.80. The van der Waals surface area contributed by atoms with Gasteiger partial charge in [-0.05, 0) is 56.4 Å². The molecular formula is C21H22O3. The Kier molecular flexibility index (Phi) is 3.50. The minimum atomic E-state index is -0.386. The van der Waals surface area contributed by atoms with Crippen LogP contribution in [0, 0.1) is 5.41 Å². The predicted molar refractivity (Wildman–Crippen MR) is 94.5 cm³/mol. The van der Waals surface area contributed by atoms with Gasteiger partial charge in [0.2, 0.25) is 0 Å². The number of aliphatic hydroxyl groups excluding tert-OH is 1. The molecule has 1 aromatic heterocycles. The monoisotopic (exact) mass is 322 g/mol. The molecule has 0 radical (unpaired) electrons. The molecule has 2 atom stereocenters. The van der Waals surface area contributed by atoms with E-state index in [2.05, 4.69) is 6.92 Å². The second kappa shape index (κ2) is 5.45. The van der Waals surface area contributed by atoms with E-state index in [1.165, 1.54) is 0 Å². The van der Waals surface area contributed by atoms with Crippen molar-refractivity contribution < 1.29 is 14.3 Å². The van der Waals surface area contributed by atoms with Gasteiger partial charge < -0.3 is 9.52 Å². The topological polar surface area (TPSA) is 50.4 Å². The van der Waals surface area contributed by atoms with Crippen molar-refractivity contribution in [2.24, 2.45) is 5.41 Å². The van der Waals surface area contributed by atoms with Crippen molar-refractivity contribution in [2.75, 3.05) is 0 Å². The number of Topliss-reactive ketones (excluding diaryl/α,β-unsaturated/α-hetero) is 1. The van der Waals surface area contributed by atoms with Crippen LogP contribution in [-0.2, 0) is 4.79 Å². The largest absolute Gasteiger partial charge is 0.457 e. The molecule has 2 aliphatic carbocycles. The van der Waals surface area contributed by atoms with Crippen molar-refractivity contribution in [2.45, 2.75) is 45.6 Å². The summed E-state index contributed by atoms with van der Waals surface area (Å²) in [6.07, 6.45) is 4.73. The Morgan fingerprint density at radius 2 is 2.12 bits per heavy atom. The summed E-state index contributed by atoms with van der Waals surface area (Å²) < 4.78 is 5.84. The number of ketones is 1. The minimum absolute atomic E-state index is 0.0945. The van der Waals surface area contributed by atoms with E-state index in [-0.39, 0.29) is 17.3 Å². The molecule has 1 saturated carbocycles. The van der Waals surface area contributed by atoms with E-state index in [9.17, 15) is 9.90 Å². The van der Waals surface area contributed by atoms with Gasteiger partial charge in [-0.3, -0.25) is 4.79 Å². The number of benzene rings is 1. The molecule has 1 aromatic carbocycles. The average molecular weight is 322 g/mol. The number of carbonyl (C=O) groups is 1. The molecule has 1 heterocycles. The Morgan fingerprint density at radius 3 is 2.92 bits per heavy atom. The number of carbonyl (C=O) groups excluding carboxylic acids is 1. The highest BCUT2D eigenvalue weighted by molar-refractivity contribution is 6.12.